The van der Waals surface area contributed by atoms with Crippen molar-refractivity contribution in [2.45, 2.75) is 41.7 Å². The van der Waals surface area contributed by atoms with Crippen molar-refractivity contribution in [2.24, 2.45) is 0 Å². The molecule has 1 amide bonds. The van der Waals surface area contributed by atoms with Crippen LogP contribution in [0.3, 0.4) is 0 Å². The number of hydrogen-bond acceptors (Lipinski definition) is 6. The van der Waals surface area contributed by atoms with Crippen molar-refractivity contribution >= 4 is 50.1 Å². The number of nitrogens with zero attached hydrogens (tertiary/aromatic N) is 3. The molecule has 0 aliphatic carbocycles. The summed E-state index contributed by atoms with van der Waals surface area (Å²) >= 11 is 2.67. The number of para-hydroxylation sites is 2. The van der Waals surface area contributed by atoms with E-state index in [2.05, 4.69) is 21.2 Å². The molecule has 1 aliphatic heterocycles. The minimum atomic E-state index is -3.47. The number of nitrogens with one attached hydrogen (secondary N) is 1. The van der Waals surface area contributed by atoms with Gasteiger partial charge in [0.05, 0.1) is 16.8 Å². The molecule has 0 unspecified atom stereocenters. The van der Waals surface area contributed by atoms with Crippen molar-refractivity contribution in [1.29, 1.82) is 0 Å². The van der Waals surface area contributed by atoms with Gasteiger partial charge in [0.25, 0.3) is 0 Å². The van der Waals surface area contributed by atoms with Gasteiger partial charge in [-0.05, 0) is 43.3 Å². The number of thiophene rings is 1. The van der Waals surface area contributed by atoms with Gasteiger partial charge in [-0.1, -0.05) is 30.0 Å². The molecule has 0 saturated carbocycles. The number of fused-ring (bicyclic) bond motifs is 1. The van der Waals surface area contributed by atoms with E-state index in [-0.39, 0.29) is 11.9 Å². The number of benzene rings is 1. The zero-order valence-corrected chi connectivity index (χ0v) is 19.1. The molecule has 0 spiro atoms. The van der Waals surface area contributed by atoms with Crippen molar-refractivity contribution < 1.29 is 13.2 Å². The van der Waals surface area contributed by atoms with Crippen LogP contribution in [0.2, 0.25) is 0 Å². The number of amides is 1. The molecule has 160 valence electrons. The minimum Gasteiger partial charge on any atom is -0.342 e. The molecule has 1 aromatic carbocycles. The van der Waals surface area contributed by atoms with Crippen LogP contribution >= 0.6 is 23.1 Å². The van der Waals surface area contributed by atoms with Gasteiger partial charge in [-0.3, -0.25) is 4.79 Å². The van der Waals surface area contributed by atoms with Gasteiger partial charge in [-0.25, -0.2) is 18.1 Å². The number of thioether (sulfide) groups is 1. The van der Waals surface area contributed by atoms with E-state index in [9.17, 15) is 13.2 Å². The molecular formula is C20H24N4O3S3. The zero-order valence-electron chi connectivity index (χ0n) is 16.7. The Morgan fingerprint density at radius 1 is 1.23 bits per heavy atom. The summed E-state index contributed by atoms with van der Waals surface area (Å²) in [5.74, 6) is 0.392. The van der Waals surface area contributed by atoms with Crippen LogP contribution in [0.5, 0.6) is 0 Å². The van der Waals surface area contributed by atoms with E-state index in [0.717, 1.165) is 22.7 Å². The summed E-state index contributed by atoms with van der Waals surface area (Å²) in [6, 6.07) is 11.2. The van der Waals surface area contributed by atoms with Gasteiger partial charge in [0.2, 0.25) is 15.9 Å². The Hall–Kier alpha value is -1.88. The lowest BCUT2D eigenvalue weighted by Crippen LogP contribution is -2.46. The van der Waals surface area contributed by atoms with Gasteiger partial charge in [0.15, 0.2) is 5.16 Å². The smallest absolute Gasteiger partial charge is 0.250 e. The second-order valence-electron chi connectivity index (χ2n) is 7.12. The van der Waals surface area contributed by atoms with E-state index >= 15 is 0 Å². The van der Waals surface area contributed by atoms with E-state index in [4.69, 9.17) is 0 Å². The largest absolute Gasteiger partial charge is 0.342 e. The first-order chi connectivity index (χ1) is 14.5. The Balaban J connectivity index is 1.31. The number of hydrogen-bond donors (Lipinski definition) is 1. The summed E-state index contributed by atoms with van der Waals surface area (Å²) < 4.78 is 30.0. The van der Waals surface area contributed by atoms with Crippen molar-refractivity contribution in [3.05, 3.63) is 41.8 Å². The number of sulfonamides is 1. The SMILES string of the molecule is CCn1c(SCC(=O)N2CCC(NS(=O)(=O)c3cccs3)CC2)nc2ccccc21. The highest BCUT2D eigenvalue weighted by Gasteiger charge is 2.27. The number of aryl methyl sites for hydroxylation is 1. The van der Waals surface area contributed by atoms with Gasteiger partial charge in [0, 0.05) is 25.7 Å². The molecular weight excluding hydrogens is 440 g/mol. The summed E-state index contributed by atoms with van der Waals surface area (Å²) in [5.41, 5.74) is 2.02. The highest BCUT2D eigenvalue weighted by atomic mass is 32.2. The first-order valence-electron chi connectivity index (χ1n) is 9.89. The van der Waals surface area contributed by atoms with E-state index in [0.29, 0.717) is 35.9 Å². The molecule has 30 heavy (non-hydrogen) atoms. The average Bonchev–Trinajstić information content (AvgIpc) is 3.40. The number of carbonyl (C=O) groups excluding carboxylic acids is 1. The van der Waals surface area contributed by atoms with Gasteiger partial charge in [0.1, 0.15) is 4.21 Å². The first-order valence-corrected chi connectivity index (χ1v) is 13.2. The zero-order chi connectivity index (χ0) is 21.1. The van der Waals surface area contributed by atoms with E-state index in [1.165, 1.54) is 23.1 Å². The molecule has 1 N–H and O–H groups in total. The summed E-state index contributed by atoms with van der Waals surface area (Å²) in [6.07, 6.45) is 1.24. The van der Waals surface area contributed by atoms with Crippen LogP contribution in [-0.2, 0) is 21.4 Å². The van der Waals surface area contributed by atoms with Gasteiger partial charge in [-0.15, -0.1) is 11.3 Å². The predicted octanol–water partition coefficient (Wildman–Crippen LogP) is 3.18. The Bertz CT molecular complexity index is 1120. The highest BCUT2D eigenvalue weighted by Crippen LogP contribution is 2.25. The number of piperidine rings is 1. The van der Waals surface area contributed by atoms with Crippen molar-refractivity contribution in [3.63, 3.8) is 0 Å². The van der Waals surface area contributed by atoms with Crippen LogP contribution in [0, 0.1) is 0 Å². The maximum absolute atomic E-state index is 12.7. The lowest BCUT2D eigenvalue weighted by molar-refractivity contribution is -0.129. The van der Waals surface area contributed by atoms with Crippen molar-refractivity contribution in [3.8, 4) is 0 Å². The number of rotatable bonds is 7. The Labute approximate surface area is 184 Å². The number of carbonyl (C=O) groups is 1. The second-order valence-corrected chi connectivity index (χ2v) is 11.0. The molecule has 10 heteroatoms. The van der Waals surface area contributed by atoms with E-state index < -0.39 is 10.0 Å². The molecule has 1 saturated heterocycles. The van der Waals surface area contributed by atoms with Gasteiger partial charge < -0.3 is 9.47 Å². The van der Waals surface area contributed by atoms with Crippen LogP contribution in [0.1, 0.15) is 19.8 Å². The molecule has 0 bridgehead atoms. The minimum absolute atomic E-state index is 0.0641. The quantitative estimate of drug-likeness (QED) is 0.543. The third kappa shape index (κ3) is 4.56. The molecule has 7 nitrogen and oxygen atoms in total. The number of imidazole rings is 1. The standard InChI is InChI=1S/C20H24N4O3S3/c1-2-24-17-7-4-3-6-16(17)21-20(24)29-14-18(25)23-11-9-15(10-12-23)22-30(26,27)19-8-5-13-28-19/h3-8,13,15,22H,2,9-12,14H2,1H3. The van der Waals surface area contributed by atoms with Crippen LogP contribution < -0.4 is 4.72 Å². The first kappa shape index (κ1) is 21.4. The molecule has 1 fully saturated rings. The molecule has 3 aromatic rings. The average molecular weight is 465 g/mol. The Kier molecular flexibility index (Phi) is 6.47. The fourth-order valence-electron chi connectivity index (χ4n) is 3.63. The third-order valence-electron chi connectivity index (χ3n) is 5.19. The van der Waals surface area contributed by atoms with Crippen molar-refractivity contribution in [1.82, 2.24) is 19.2 Å². The fourth-order valence-corrected chi connectivity index (χ4v) is 6.92. The summed E-state index contributed by atoms with van der Waals surface area (Å²) in [6.45, 7) is 3.98. The van der Waals surface area contributed by atoms with Crippen LogP contribution in [0.25, 0.3) is 11.0 Å². The predicted molar refractivity (Wildman–Crippen MR) is 120 cm³/mol. The second kappa shape index (κ2) is 9.09. The van der Waals surface area contributed by atoms with Crippen LogP contribution in [-0.4, -0.2) is 53.7 Å². The molecule has 3 heterocycles. The van der Waals surface area contributed by atoms with Crippen LogP contribution in [0.15, 0.2) is 51.1 Å². The lowest BCUT2D eigenvalue weighted by atomic mass is 10.1. The van der Waals surface area contributed by atoms with E-state index in [1.807, 2.05) is 29.2 Å². The van der Waals surface area contributed by atoms with Crippen LogP contribution in [0.4, 0.5) is 0 Å². The van der Waals surface area contributed by atoms with E-state index in [1.54, 1.807) is 17.5 Å². The number of likely N-dealkylation sites (tertiary alicyclic amines) is 1. The molecule has 1 aliphatic rings. The molecule has 4 rings (SSSR count). The van der Waals surface area contributed by atoms with Gasteiger partial charge in [-0.2, -0.15) is 0 Å². The Morgan fingerprint density at radius 3 is 2.70 bits per heavy atom. The highest BCUT2D eigenvalue weighted by molar-refractivity contribution is 7.99. The lowest BCUT2D eigenvalue weighted by Gasteiger charge is -2.32. The topological polar surface area (TPSA) is 84.3 Å². The molecule has 2 aromatic heterocycles. The molecule has 0 radical (unpaired) electrons. The van der Waals surface area contributed by atoms with Crippen molar-refractivity contribution in [2.75, 3.05) is 18.8 Å². The molecule has 0 atom stereocenters. The Morgan fingerprint density at radius 2 is 2.00 bits per heavy atom. The normalized spacial score (nSPS) is 15.7. The summed E-state index contributed by atoms with van der Waals surface area (Å²) in [4.78, 5) is 19.2. The summed E-state index contributed by atoms with van der Waals surface area (Å²) in [7, 11) is -3.47. The maximum Gasteiger partial charge on any atom is 0.250 e. The van der Waals surface area contributed by atoms with Gasteiger partial charge >= 0.3 is 0 Å². The maximum atomic E-state index is 12.7. The fraction of sp³-hybridized carbons (Fsp3) is 0.400. The summed E-state index contributed by atoms with van der Waals surface area (Å²) in [5, 5.41) is 2.60. The number of aromatic nitrogens is 2. The third-order valence-corrected chi connectivity index (χ3v) is 9.07. The monoisotopic (exact) mass is 464 g/mol.